The molecule has 1 atom stereocenters. The van der Waals surface area contributed by atoms with Crippen LogP contribution in [0.4, 0.5) is 11.4 Å². The number of nitrogens with zero attached hydrogens (tertiary/aromatic N) is 1. The normalized spacial score (nSPS) is 18.3. The highest BCUT2D eigenvalue weighted by Gasteiger charge is 2.18. The van der Waals surface area contributed by atoms with Crippen molar-refractivity contribution in [1.29, 1.82) is 0 Å². The molecule has 102 valence electrons. The molecule has 0 aliphatic carbocycles. The van der Waals surface area contributed by atoms with Crippen molar-refractivity contribution in [2.45, 2.75) is 32.2 Å². The topological polar surface area (TPSA) is 84.3 Å². The molecular weight excluding hydrogens is 246 g/mol. The van der Waals surface area contributed by atoms with Crippen molar-refractivity contribution in [2.75, 3.05) is 11.9 Å². The van der Waals surface area contributed by atoms with E-state index in [4.69, 9.17) is 0 Å². The van der Waals surface area contributed by atoms with Crippen LogP contribution in [0, 0.1) is 17.0 Å². The molecular formula is C13H17N3O3. The molecule has 1 unspecified atom stereocenters. The summed E-state index contributed by atoms with van der Waals surface area (Å²) >= 11 is 0. The molecule has 0 spiro atoms. The second-order valence-electron chi connectivity index (χ2n) is 4.80. The summed E-state index contributed by atoms with van der Waals surface area (Å²) < 4.78 is 0. The van der Waals surface area contributed by atoms with Gasteiger partial charge in [0.2, 0.25) is 5.91 Å². The highest BCUT2D eigenvalue weighted by Crippen LogP contribution is 2.21. The minimum atomic E-state index is -0.443. The Hall–Kier alpha value is -1.95. The third-order valence-electron chi connectivity index (χ3n) is 3.29. The monoisotopic (exact) mass is 263 g/mol. The van der Waals surface area contributed by atoms with Gasteiger partial charge in [0, 0.05) is 30.3 Å². The maximum atomic E-state index is 11.9. The molecule has 1 heterocycles. The second-order valence-corrected chi connectivity index (χ2v) is 4.80. The molecule has 2 N–H and O–H groups in total. The number of nitrogens with one attached hydrogen (secondary N) is 2. The molecule has 1 aromatic carbocycles. The predicted octanol–water partition coefficient (Wildman–Crippen LogP) is 1.98. The second kappa shape index (κ2) is 5.79. The molecule has 0 saturated carbocycles. The number of aryl methyl sites for hydroxylation is 1. The summed E-state index contributed by atoms with van der Waals surface area (Å²) in [4.78, 5) is 22.0. The Bertz CT molecular complexity index is 496. The lowest BCUT2D eigenvalue weighted by atomic mass is 10.1. The number of hydrogen-bond acceptors (Lipinski definition) is 4. The fourth-order valence-corrected chi connectivity index (χ4v) is 2.26. The van der Waals surface area contributed by atoms with Crippen LogP contribution in [-0.2, 0) is 4.79 Å². The van der Waals surface area contributed by atoms with Crippen molar-refractivity contribution < 1.29 is 9.72 Å². The van der Waals surface area contributed by atoms with Gasteiger partial charge in [-0.05, 0) is 37.9 Å². The lowest BCUT2D eigenvalue weighted by Gasteiger charge is -2.11. The number of amides is 1. The Labute approximate surface area is 111 Å². The third-order valence-corrected chi connectivity index (χ3v) is 3.29. The Kier molecular flexibility index (Phi) is 4.11. The van der Waals surface area contributed by atoms with Crippen LogP contribution in [-0.4, -0.2) is 23.4 Å². The molecule has 2 rings (SSSR count). The summed E-state index contributed by atoms with van der Waals surface area (Å²) in [6.45, 7) is 2.71. The highest BCUT2D eigenvalue weighted by atomic mass is 16.6. The van der Waals surface area contributed by atoms with Gasteiger partial charge >= 0.3 is 0 Å². The molecule has 1 aliphatic rings. The van der Waals surface area contributed by atoms with Crippen LogP contribution in [0.15, 0.2) is 18.2 Å². The van der Waals surface area contributed by atoms with Crippen LogP contribution in [0.5, 0.6) is 0 Å². The number of rotatable bonds is 4. The number of nitro benzene ring substituents is 1. The van der Waals surface area contributed by atoms with Gasteiger partial charge in [0.1, 0.15) is 0 Å². The van der Waals surface area contributed by atoms with Crippen molar-refractivity contribution >= 4 is 17.3 Å². The number of non-ortho nitro benzene ring substituents is 1. The first-order valence-corrected chi connectivity index (χ1v) is 6.34. The fourth-order valence-electron chi connectivity index (χ4n) is 2.26. The summed E-state index contributed by atoms with van der Waals surface area (Å²) in [5.74, 6) is -0.0589. The first kappa shape index (κ1) is 13.5. The Morgan fingerprint density at radius 2 is 2.37 bits per heavy atom. The van der Waals surface area contributed by atoms with Gasteiger partial charge in [-0.3, -0.25) is 14.9 Å². The van der Waals surface area contributed by atoms with Gasteiger partial charge in [-0.1, -0.05) is 0 Å². The van der Waals surface area contributed by atoms with Crippen LogP contribution in [0.3, 0.4) is 0 Å². The molecule has 1 saturated heterocycles. The van der Waals surface area contributed by atoms with Gasteiger partial charge in [-0.25, -0.2) is 0 Å². The van der Waals surface area contributed by atoms with E-state index in [9.17, 15) is 14.9 Å². The molecule has 1 amide bonds. The summed E-state index contributed by atoms with van der Waals surface area (Å²) in [5, 5.41) is 16.7. The zero-order valence-corrected chi connectivity index (χ0v) is 10.8. The van der Waals surface area contributed by atoms with Crippen molar-refractivity contribution in [1.82, 2.24) is 5.32 Å². The quantitative estimate of drug-likeness (QED) is 0.642. The minimum Gasteiger partial charge on any atom is -0.326 e. The molecule has 6 nitrogen and oxygen atoms in total. The zero-order chi connectivity index (χ0) is 13.8. The maximum Gasteiger partial charge on any atom is 0.269 e. The first-order valence-electron chi connectivity index (χ1n) is 6.34. The first-order chi connectivity index (χ1) is 9.06. The lowest BCUT2D eigenvalue weighted by molar-refractivity contribution is -0.384. The molecule has 6 heteroatoms. The van der Waals surface area contributed by atoms with Gasteiger partial charge in [0.25, 0.3) is 5.69 Å². The predicted molar refractivity (Wildman–Crippen MR) is 72.1 cm³/mol. The largest absolute Gasteiger partial charge is 0.326 e. The Morgan fingerprint density at radius 1 is 1.58 bits per heavy atom. The van der Waals surface area contributed by atoms with Crippen molar-refractivity contribution in [2.24, 2.45) is 0 Å². The SMILES string of the molecule is Cc1cc([N+](=O)[O-])ccc1NC(=O)CC1CCCN1. The van der Waals surface area contributed by atoms with Crippen LogP contribution in [0.25, 0.3) is 0 Å². The summed E-state index contributed by atoms with van der Waals surface area (Å²) in [7, 11) is 0. The van der Waals surface area contributed by atoms with Crippen LogP contribution in [0.1, 0.15) is 24.8 Å². The van der Waals surface area contributed by atoms with E-state index in [1.54, 1.807) is 13.0 Å². The molecule has 1 fully saturated rings. The average molecular weight is 263 g/mol. The molecule has 1 aromatic rings. The number of carbonyl (C=O) groups excluding carboxylic acids is 1. The smallest absolute Gasteiger partial charge is 0.269 e. The van der Waals surface area contributed by atoms with Gasteiger partial charge < -0.3 is 10.6 Å². The van der Waals surface area contributed by atoms with Crippen molar-refractivity contribution in [3.05, 3.63) is 33.9 Å². The van der Waals surface area contributed by atoms with E-state index in [2.05, 4.69) is 10.6 Å². The van der Waals surface area contributed by atoms with Crippen molar-refractivity contribution in [3.63, 3.8) is 0 Å². The standard InChI is InChI=1S/C13H17N3O3/c1-9-7-11(16(18)19)4-5-12(9)15-13(17)8-10-3-2-6-14-10/h4-5,7,10,14H,2-3,6,8H2,1H3,(H,15,17). The van der Waals surface area contributed by atoms with Gasteiger partial charge in [-0.2, -0.15) is 0 Å². The van der Waals surface area contributed by atoms with E-state index in [1.165, 1.54) is 12.1 Å². The van der Waals surface area contributed by atoms with Crippen LogP contribution in [0.2, 0.25) is 0 Å². The highest BCUT2D eigenvalue weighted by molar-refractivity contribution is 5.92. The van der Waals surface area contributed by atoms with Gasteiger partial charge in [-0.15, -0.1) is 0 Å². The Morgan fingerprint density at radius 3 is 2.95 bits per heavy atom. The minimum absolute atomic E-state index is 0.0351. The maximum absolute atomic E-state index is 11.9. The molecule has 19 heavy (non-hydrogen) atoms. The zero-order valence-electron chi connectivity index (χ0n) is 10.8. The van der Waals surface area contributed by atoms with Crippen molar-refractivity contribution in [3.8, 4) is 0 Å². The van der Waals surface area contributed by atoms with E-state index in [0.29, 0.717) is 17.7 Å². The van der Waals surface area contributed by atoms with Gasteiger partial charge in [0.15, 0.2) is 0 Å². The number of hydrogen-bond donors (Lipinski definition) is 2. The summed E-state index contributed by atoms with van der Waals surface area (Å²) in [6, 6.07) is 4.69. The van der Waals surface area contributed by atoms with E-state index in [1.807, 2.05) is 0 Å². The van der Waals surface area contributed by atoms with E-state index in [-0.39, 0.29) is 17.6 Å². The average Bonchev–Trinajstić information content (AvgIpc) is 2.84. The number of benzene rings is 1. The number of carbonyl (C=O) groups is 1. The van der Waals surface area contributed by atoms with E-state index < -0.39 is 4.92 Å². The summed E-state index contributed by atoms with van der Waals surface area (Å²) in [5.41, 5.74) is 1.36. The molecule has 0 aromatic heterocycles. The van der Waals surface area contributed by atoms with E-state index >= 15 is 0 Å². The molecule has 1 aliphatic heterocycles. The molecule has 0 radical (unpaired) electrons. The molecule has 0 bridgehead atoms. The van der Waals surface area contributed by atoms with Gasteiger partial charge in [0.05, 0.1) is 4.92 Å². The van der Waals surface area contributed by atoms with E-state index in [0.717, 1.165) is 19.4 Å². The number of anilines is 1. The fraction of sp³-hybridized carbons (Fsp3) is 0.462. The summed E-state index contributed by atoms with van der Waals surface area (Å²) in [6.07, 6.45) is 2.57. The lowest BCUT2D eigenvalue weighted by Crippen LogP contribution is -2.27. The van der Waals surface area contributed by atoms with Crippen LogP contribution >= 0.6 is 0 Å². The third kappa shape index (κ3) is 3.51. The number of nitro groups is 1. The van der Waals surface area contributed by atoms with Crippen LogP contribution < -0.4 is 10.6 Å². The Balaban J connectivity index is 1.98.